The maximum Gasteiger partial charge on any atom is 0.339 e. The molecule has 110 valence electrons. The van der Waals surface area contributed by atoms with Gasteiger partial charge >= 0.3 is 5.97 Å². The van der Waals surface area contributed by atoms with Crippen LogP contribution in [0.25, 0.3) is 0 Å². The number of nitrogens with one attached hydrogen (secondary N) is 1. The molecule has 3 N–H and O–H groups in total. The average molecular weight is 278 g/mol. The molecule has 0 saturated heterocycles. The molecule has 1 aliphatic carbocycles. The second-order valence-corrected chi connectivity index (χ2v) is 5.83. The number of nitrogens with zero attached hydrogens (tertiary/aromatic N) is 1. The van der Waals surface area contributed by atoms with E-state index in [0.717, 1.165) is 31.4 Å². The van der Waals surface area contributed by atoms with Crippen LogP contribution in [0.2, 0.25) is 0 Å². The van der Waals surface area contributed by atoms with E-state index in [1.165, 1.54) is 0 Å². The van der Waals surface area contributed by atoms with Crippen molar-refractivity contribution in [2.75, 3.05) is 18.5 Å². The van der Waals surface area contributed by atoms with Crippen LogP contribution in [0.15, 0.2) is 6.07 Å². The Morgan fingerprint density at radius 1 is 1.40 bits per heavy atom. The van der Waals surface area contributed by atoms with Gasteiger partial charge in [0.2, 0.25) is 0 Å². The maximum atomic E-state index is 11.4. The summed E-state index contributed by atoms with van der Waals surface area (Å²) < 4.78 is 0. The van der Waals surface area contributed by atoms with E-state index in [0.29, 0.717) is 17.9 Å². The molecule has 0 amide bonds. The smallest absolute Gasteiger partial charge is 0.339 e. The van der Waals surface area contributed by atoms with Crippen molar-refractivity contribution in [3.8, 4) is 0 Å². The van der Waals surface area contributed by atoms with Gasteiger partial charge in [-0.15, -0.1) is 0 Å². The van der Waals surface area contributed by atoms with Gasteiger partial charge in [0, 0.05) is 17.7 Å². The van der Waals surface area contributed by atoms with E-state index in [9.17, 15) is 15.0 Å². The molecule has 20 heavy (non-hydrogen) atoms. The van der Waals surface area contributed by atoms with E-state index in [1.807, 2.05) is 6.92 Å². The van der Waals surface area contributed by atoms with Crippen LogP contribution in [0.3, 0.4) is 0 Å². The topological polar surface area (TPSA) is 82.5 Å². The summed E-state index contributed by atoms with van der Waals surface area (Å²) in [4.78, 5) is 15.7. The summed E-state index contributed by atoms with van der Waals surface area (Å²) in [5, 5.41) is 22.1. The highest BCUT2D eigenvalue weighted by atomic mass is 16.4. The zero-order valence-corrected chi connectivity index (χ0v) is 12.1. The van der Waals surface area contributed by atoms with Gasteiger partial charge < -0.3 is 15.5 Å². The second kappa shape index (κ2) is 5.79. The number of carbonyl (C=O) groups is 1. The van der Waals surface area contributed by atoms with Crippen LogP contribution in [0.1, 0.15) is 47.3 Å². The number of hydrogen-bond acceptors (Lipinski definition) is 4. The molecule has 5 heteroatoms. The number of carboxylic acids is 1. The Hall–Kier alpha value is -1.62. The molecule has 1 aromatic heterocycles. The molecule has 2 rings (SSSR count). The van der Waals surface area contributed by atoms with E-state index in [2.05, 4.69) is 10.3 Å². The van der Waals surface area contributed by atoms with Crippen molar-refractivity contribution in [1.29, 1.82) is 0 Å². The molecule has 0 spiro atoms. The molecule has 1 aromatic rings. The summed E-state index contributed by atoms with van der Waals surface area (Å²) in [5.74, 6) is -0.559. The van der Waals surface area contributed by atoms with Crippen LogP contribution in [-0.2, 0) is 0 Å². The Morgan fingerprint density at radius 2 is 2.05 bits per heavy atom. The average Bonchev–Trinajstić information content (AvgIpc) is 2.84. The van der Waals surface area contributed by atoms with Crippen molar-refractivity contribution in [3.63, 3.8) is 0 Å². The Balaban J connectivity index is 2.22. The number of pyridine rings is 1. The molecule has 0 bridgehead atoms. The minimum atomic E-state index is -0.970. The molecule has 0 radical (unpaired) electrons. The Labute approximate surface area is 119 Å². The van der Waals surface area contributed by atoms with Crippen LogP contribution >= 0.6 is 0 Å². The predicted octanol–water partition coefficient (Wildman–Crippen LogP) is 2.36. The van der Waals surface area contributed by atoms with Gasteiger partial charge in [-0.3, -0.25) is 0 Å². The number of hydrogen-bond donors (Lipinski definition) is 3. The number of rotatable bonds is 5. The van der Waals surface area contributed by atoms with Gasteiger partial charge in [-0.05, 0) is 38.3 Å². The first-order chi connectivity index (χ1) is 9.47. The lowest BCUT2D eigenvalue weighted by Gasteiger charge is -2.27. The van der Waals surface area contributed by atoms with Crippen molar-refractivity contribution in [2.24, 2.45) is 5.41 Å². The maximum absolute atomic E-state index is 11.4. The van der Waals surface area contributed by atoms with Crippen molar-refractivity contribution in [3.05, 3.63) is 22.9 Å². The van der Waals surface area contributed by atoms with Crippen LogP contribution < -0.4 is 5.32 Å². The number of aromatic nitrogens is 1. The molecule has 0 aliphatic heterocycles. The van der Waals surface area contributed by atoms with Gasteiger partial charge in [0.1, 0.15) is 11.4 Å². The van der Waals surface area contributed by atoms with Crippen LogP contribution in [0.5, 0.6) is 0 Å². The molecule has 0 unspecified atom stereocenters. The lowest BCUT2D eigenvalue weighted by atomic mass is 9.87. The first-order valence-corrected chi connectivity index (χ1v) is 7.04. The molecule has 1 fully saturated rings. The third kappa shape index (κ3) is 2.93. The standard InChI is InChI=1S/C15H22N2O3/c1-10-7-11(2)17-13(12(10)14(19)20)16-8-15(9-18)5-3-4-6-15/h7,18H,3-6,8-9H2,1-2H3,(H,16,17)(H,19,20). The van der Waals surface area contributed by atoms with Crippen LogP contribution in [0, 0.1) is 19.3 Å². The Kier molecular flexibility index (Phi) is 4.28. The summed E-state index contributed by atoms with van der Waals surface area (Å²) in [6.07, 6.45) is 4.19. The summed E-state index contributed by atoms with van der Waals surface area (Å²) in [5.41, 5.74) is 1.59. The van der Waals surface area contributed by atoms with Gasteiger partial charge in [0.15, 0.2) is 0 Å². The highest BCUT2D eigenvalue weighted by Gasteiger charge is 2.33. The van der Waals surface area contributed by atoms with Gasteiger partial charge in [-0.25, -0.2) is 9.78 Å². The molecular weight excluding hydrogens is 256 g/mol. The van der Waals surface area contributed by atoms with Crippen molar-refractivity contribution >= 4 is 11.8 Å². The summed E-state index contributed by atoms with van der Waals surface area (Å²) in [6.45, 7) is 4.33. The number of aryl methyl sites for hydroxylation is 2. The fourth-order valence-corrected chi connectivity index (χ4v) is 3.02. The number of aromatic carboxylic acids is 1. The van der Waals surface area contributed by atoms with Crippen LogP contribution in [-0.4, -0.2) is 34.3 Å². The van der Waals surface area contributed by atoms with Gasteiger partial charge in [0.05, 0.1) is 6.61 Å². The first kappa shape index (κ1) is 14.8. The zero-order chi connectivity index (χ0) is 14.8. The second-order valence-electron chi connectivity index (χ2n) is 5.83. The molecular formula is C15H22N2O3. The quantitative estimate of drug-likeness (QED) is 0.770. The third-order valence-corrected chi connectivity index (χ3v) is 4.19. The summed E-state index contributed by atoms with van der Waals surface area (Å²) >= 11 is 0. The summed E-state index contributed by atoms with van der Waals surface area (Å²) in [6, 6.07) is 1.77. The minimum absolute atomic E-state index is 0.130. The largest absolute Gasteiger partial charge is 0.478 e. The SMILES string of the molecule is Cc1cc(C)c(C(=O)O)c(NCC2(CO)CCCC2)n1. The number of aliphatic hydroxyl groups excluding tert-OH is 1. The number of anilines is 1. The van der Waals surface area contributed by atoms with Crippen LogP contribution in [0.4, 0.5) is 5.82 Å². The Morgan fingerprint density at radius 3 is 2.60 bits per heavy atom. The highest BCUT2D eigenvalue weighted by molar-refractivity contribution is 5.94. The van der Waals surface area contributed by atoms with Gasteiger partial charge in [-0.2, -0.15) is 0 Å². The third-order valence-electron chi connectivity index (χ3n) is 4.19. The number of aliphatic hydroxyl groups is 1. The molecule has 5 nitrogen and oxygen atoms in total. The first-order valence-electron chi connectivity index (χ1n) is 7.04. The fraction of sp³-hybridized carbons (Fsp3) is 0.600. The molecule has 0 atom stereocenters. The van der Waals surface area contributed by atoms with E-state index in [1.54, 1.807) is 13.0 Å². The van der Waals surface area contributed by atoms with E-state index in [-0.39, 0.29) is 17.6 Å². The lowest BCUT2D eigenvalue weighted by molar-refractivity contribution is 0.0696. The minimum Gasteiger partial charge on any atom is -0.478 e. The van der Waals surface area contributed by atoms with Gasteiger partial charge in [-0.1, -0.05) is 12.8 Å². The van der Waals surface area contributed by atoms with Crippen molar-refractivity contribution in [2.45, 2.75) is 39.5 Å². The molecule has 1 aliphatic rings. The van der Waals surface area contributed by atoms with E-state index < -0.39 is 5.97 Å². The summed E-state index contributed by atoms with van der Waals surface area (Å²) in [7, 11) is 0. The molecule has 1 saturated carbocycles. The van der Waals surface area contributed by atoms with Crippen molar-refractivity contribution in [1.82, 2.24) is 4.98 Å². The normalized spacial score (nSPS) is 17.1. The monoisotopic (exact) mass is 278 g/mol. The Bertz CT molecular complexity index is 508. The lowest BCUT2D eigenvalue weighted by Crippen LogP contribution is -2.31. The molecule has 0 aromatic carbocycles. The van der Waals surface area contributed by atoms with Crippen molar-refractivity contribution < 1.29 is 15.0 Å². The molecule has 1 heterocycles. The number of carboxylic acid groups (broad SMARTS) is 1. The van der Waals surface area contributed by atoms with E-state index in [4.69, 9.17) is 0 Å². The van der Waals surface area contributed by atoms with E-state index >= 15 is 0 Å². The van der Waals surface area contributed by atoms with Gasteiger partial charge in [0.25, 0.3) is 0 Å². The predicted molar refractivity (Wildman–Crippen MR) is 77.1 cm³/mol. The zero-order valence-electron chi connectivity index (χ0n) is 12.1. The highest BCUT2D eigenvalue weighted by Crippen LogP contribution is 2.37. The fourth-order valence-electron chi connectivity index (χ4n) is 3.02.